The van der Waals surface area contributed by atoms with Gasteiger partial charge in [-0.25, -0.2) is 0 Å². The summed E-state index contributed by atoms with van der Waals surface area (Å²) in [5.74, 6) is 0.681. The van der Waals surface area contributed by atoms with Crippen LogP contribution < -0.4 is 5.32 Å². The third-order valence-electron chi connectivity index (χ3n) is 5.00. The molecule has 21 heavy (non-hydrogen) atoms. The van der Waals surface area contributed by atoms with Gasteiger partial charge >= 0.3 is 5.97 Å². The number of carbonyl (C=O) groups is 1. The molecule has 4 nitrogen and oxygen atoms in total. The number of likely N-dealkylation sites (N-methyl/N-ethyl adjacent to an activating group) is 1. The van der Waals surface area contributed by atoms with Crippen LogP contribution in [0.25, 0.3) is 0 Å². The molecule has 0 radical (unpaired) electrons. The SMILES string of the molecule is CCOC(=O)C(C)(CC(C)N(C)CC1CCCCC1)NC. The van der Waals surface area contributed by atoms with Crippen molar-refractivity contribution in [2.75, 3.05) is 27.2 Å². The third-order valence-corrected chi connectivity index (χ3v) is 5.00. The summed E-state index contributed by atoms with van der Waals surface area (Å²) in [5.41, 5.74) is -0.601. The van der Waals surface area contributed by atoms with Gasteiger partial charge in [0, 0.05) is 12.6 Å². The third kappa shape index (κ3) is 5.59. The quantitative estimate of drug-likeness (QED) is 0.700. The Balaban J connectivity index is 2.51. The predicted octanol–water partition coefficient (Wildman–Crippen LogP) is 2.82. The van der Waals surface area contributed by atoms with Crippen LogP contribution in [0.4, 0.5) is 0 Å². The molecule has 1 aliphatic rings. The molecule has 0 aromatic carbocycles. The molecule has 4 heteroatoms. The normalized spacial score (nSPS) is 21.0. The van der Waals surface area contributed by atoms with E-state index in [0.29, 0.717) is 12.6 Å². The lowest BCUT2D eigenvalue weighted by Gasteiger charge is -2.36. The minimum absolute atomic E-state index is 0.148. The van der Waals surface area contributed by atoms with Crippen LogP contribution in [-0.2, 0) is 9.53 Å². The number of carbonyl (C=O) groups excluding carboxylic acids is 1. The van der Waals surface area contributed by atoms with E-state index >= 15 is 0 Å². The zero-order valence-electron chi connectivity index (χ0n) is 14.6. The second-order valence-electron chi connectivity index (χ2n) is 6.80. The molecule has 1 saturated carbocycles. The number of esters is 1. The number of ether oxygens (including phenoxy) is 1. The molecule has 2 unspecified atom stereocenters. The lowest BCUT2D eigenvalue weighted by molar-refractivity contribution is -0.151. The Morgan fingerprint density at radius 3 is 2.52 bits per heavy atom. The molecule has 0 saturated heterocycles. The first-order valence-corrected chi connectivity index (χ1v) is 8.49. The van der Waals surface area contributed by atoms with Crippen LogP contribution in [0.2, 0.25) is 0 Å². The zero-order chi connectivity index (χ0) is 15.9. The van der Waals surface area contributed by atoms with E-state index in [1.807, 2.05) is 20.9 Å². The van der Waals surface area contributed by atoms with Crippen molar-refractivity contribution in [3.63, 3.8) is 0 Å². The van der Waals surface area contributed by atoms with Crippen molar-refractivity contribution < 1.29 is 9.53 Å². The van der Waals surface area contributed by atoms with Crippen LogP contribution in [0.5, 0.6) is 0 Å². The molecule has 0 aromatic rings. The van der Waals surface area contributed by atoms with Crippen LogP contribution in [0.3, 0.4) is 0 Å². The fourth-order valence-electron chi connectivity index (χ4n) is 3.28. The number of hydrogen-bond donors (Lipinski definition) is 1. The Hall–Kier alpha value is -0.610. The molecule has 0 heterocycles. The van der Waals surface area contributed by atoms with E-state index in [0.717, 1.165) is 18.9 Å². The van der Waals surface area contributed by atoms with Gasteiger partial charge in [0.2, 0.25) is 0 Å². The number of hydrogen-bond acceptors (Lipinski definition) is 4. The Labute approximate surface area is 130 Å². The topological polar surface area (TPSA) is 41.6 Å². The van der Waals surface area contributed by atoms with E-state index in [2.05, 4.69) is 24.2 Å². The van der Waals surface area contributed by atoms with Crippen molar-refractivity contribution >= 4 is 5.97 Å². The van der Waals surface area contributed by atoms with E-state index < -0.39 is 5.54 Å². The van der Waals surface area contributed by atoms with Gasteiger partial charge in [-0.3, -0.25) is 4.79 Å². The fourth-order valence-corrected chi connectivity index (χ4v) is 3.28. The fraction of sp³-hybridized carbons (Fsp3) is 0.941. The van der Waals surface area contributed by atoms with Gasteiger partial charge < -0.3 is 15.0 Å². The maximum atomic E-state index is 12.1. The molecule has 1 rings (SSSR count). The molecule has 1 N–H and O–H groups in total. The van der Waals surface area contributed by atoms with Crippen molar-refractivity contribution in [2.24, 2.45) is 5.92 Å². The van der Waals surface area contributed by atoms with E-state index in [1.54, 1.807) is 0 Å². The molecule has 2 atom stereocenters. The average Bonchev–Trinajstić information content (AvgIpc) is 2.48. The van der Waals surface area contributed by atoms with Crippen LogP contribution in [-0.4, -0.2) is 49.7 Å². The van der Waals surface area contributed by atoms with Gasteiger partial charge in [-0.15, -0.1) is 0 Å². The summed E-state index contributed by atoms with van der Waals surface area (Å²) in [6.45, 7) is 7.58. The lowest BCUT2D eigenvalue weighted by atomic mass is 9.88. The van der Waals surface area contributed by atoms with E-state index in [4.69, 9.17) is 4.74 Å². The molecule has 124 valence electrons. The molecule has 0 amide bonds. The molecule has 1 aliphatic carbocycles. The highest BCUT2D eigenvalue weighted by Crippen LogP contribution is 2.25. The summed E-state index contributed by atoms with van der Waals surface area (Å²) in [7, 11) is 4.02. The van der Waals surface area contributed by atoms with Crippen molar-refractivity contribution in [1.82, 2.24) is 10.2 Å². The molecule has 0 aliphatic heterocycles. The number of nitrogens with one attached hydrogen (secondary N) is 1. The maximum absolute atomic E-state index is 12.1. The van der Waals surface area contributed by atoms with Gasteiger partial charge in [0.1, 0.15) is 5.54 Å². The molecular weight excluding hydrogens is 264 g/mol. The van der Waals surface area contributed by atoms with Crippen LogP contribution in [0.1, 0.15) is 59.3 Å². The largest absolute Gasteiger partial charge is 0.465 e. The van der Waals surface area contributed by atoms with Crippen LogP contribution in [0.15, 0.2) is 0 Å². The van der Waals surface area contributed by atoms with Crippen molar-refractivity contribution in [1.29, 1.82) is 0 Å². The van der Waals surface area contributed by atoms with Gasteiger partial charge in [-0.2, -0.15) is 0 Å². The average molecular weight is 298 g/mol. The summed E-state index contributed by atoms with van der Waals surface area (Å²) in [6, 6.07) is 0.355. The van der Waals surface area contributed by atoms with Crippen molar-refractivity contribution in [2.45, 2.75) is 70.9 Å². The summed E-state index contributed by atoms with van der Waals surface area (Å²) in [4.78, 5) is 14.5. The Kier molecular flexibility index (Phi) is 7.67. The first kappa shape index (κ1) is 18.4. The second-order valence-corrected chi connectivity index (χ2v) is 6.80. The van der Waals surface area contributed by atoms with Crippen LogP contribution in [0, 0.1) is 5.92 Å². The zero-order valence-corrected chi connectivity index (χ0v) is 14.6. The highest BCUT2D eigenvalue weighted by Gasteiger charge is 2.35. The molecule has 0 spiro atoms. The van der Waals surface area contributed by atoms with E-state index in [1.165, 1.54) is 32.1 Å². The van der Waals surface area contributed by atoms with E-state index in [-0.39, 0.29) is 5.97 Å². The molecular formula is C17H34N2O2. The summed E-state index contributed by atoms with van der Waals surface area (Å²) in [5, 5.41) is 3.15. The summed E-state index contributed by atoms with van der Waals surface area (Å²) >= 11 is 0. The number of rotatable bonds is 8. The highest BCUT2D eigenvalue weighted by molar-refractivity contribution is 5.80. The van der Waals surface area contributed by atoms with Crippen LogP contribution >= 0.6 is 0 Å². The predicted molar refractivity (Wildman–Crippen MR) is 87.4 cm³/mol. The molecule has 0 bridgehead atoms. The summed E-state index contributed by atoms with van der Waals surface area (Å²) < 4.78 is 5.21. The number of nitrogens with zero attached hydrogens (tertiary/aromatic N) is 1. The summed E-state index contributed by atoms with van der Waals surface area (Å²) in [6.07, 6.45) is 7.65. The maximum Gasteiger partial charge on any atom is 0.326 e. The molecule has 0 aromatic heterocycles. The van der Waals surface area contributed by atoms with E-state index in [9.17, 15) is 4.79 Å². The van der Waals surface area contributed by atoms with Gasteiger partial charge in [0.05, 0.1) is 6.61 Å². The van der Waals surface area contributed by atoms with Gasteiger partial charge in [0.25, 0.3) is 0 Å². The minimum atomic E-state index is -0.601. The Morgan fingerprint density at radius 2 is 2.00 bits per heavy atom. The standard InChI is InChI=1S/C17H34N2O2/c1-6-21-16(20)17(3,18-4)12-14(2)19(5)13-15-10-8-7-9-11-15/h14-15,18H,6-13H2,1-5H3. The van der Waals surface area contributed by atoms with Crippen molar-refractivity contribution in [3.05, 3.63) is 0 Å². The lowest BCUT2D eigenvalue weighted by Crippen LogP contribution is -2.52. The van der Waals surface area contributed by atoms with Crippen molar-refractivity contribution in [3.8, 4) is 0 Å². The first-order valence-electron chi connectivity index (χ1n) is 8.49. The Morgan fingerprint density at radius 1 is 1.38 bits per heavy atom. The van der Waals surface area contributed by atoms with Gasteiger partial charge in [-0.1, -0.05) is 19.3 Å². The monoisotopic (exact) mass is 298 g/mol. The van der Waals surface area contributed by atoms with Gasteiger partial charge in [0.15, 0.2) is 0 Å². The highest BCUT2D eigenvalue weighted by atomic mass is 16.5. The smallest absolute Gasteiger partial charge is 0.326 e. The Bertz CT molecular complexity index is 316. The minimum Gasteiger partial charge on any atom is -0.465 e. The first-order chi connectivity index (χ1) is 9.92. The van der Waals surface area contributed by atoms with Gasteiger partial charge in [-0.05, 0) is 60.0 Å². The molecule has 1 fully saturated rings. The second kappa shape index (κ2) is 8.74.